The molecule has 1 N–H and O–H groups in total. The quantitative estimate of drug-likeness (QED) is 0.838. The number of halogens is 1. The van der Waals surface area contributed by atoms with E-state index in [4.69, 9.17) is 0 Å². The molecule has 0 spiro atoms. The molecule has 0 aliphatic heterocycles. The van der Waals surface area contributed by atoms with Crippen LogP contribution in [0.4, 0.5) is 0 Å². The molecule has 0 saturated carbocycles. The van der Waals surface area contributed by atoms with Gasteiger partial charge in [-0.2, -0.15) is 4.98 Å². The highest BCUT2D eigenvalue weighted by Crippen LogP contribution is 2.31. The third kappa shape index (κ3) is 3.14. The number of fused-ring (bicyclic) bond motifs is 1. The number of carbonyl (C=O) groups excluding carboxylic acids is 1. The van der Waals surface area contributed by atoms with Crippen molar-refractivity contribution in [2.45, 2.75) is 26.2 Å². The Hall–Kier alpha value is -1.89. The largest absolute Gasteiger partial charge is 0.493 e. The summed E-state index contributed by atoms with van der Waals surface area (Å²) in [4.78, 5) is 28.4. The fourth-order valence-corrected chi connectivity index (χ4v) is 2.71. The number of aromatic hydroxyl groups is 1. The molecule has 2 aromatic heterocycles. The zero-order valence-electron chi connectivity index (χ0n) is 12.5. The molecule has 1 unspecified atom stereocenters. The molecule has 2 rings (SSSR count). The Kier molecular flexibility index (Phi) is 4.85. The van der Waals surface area contributed by atoms with E-state index in [1.54, 1.807) is 18.3 Å². The van der Waals surface area contributed by atoms with E-state index >= 15 is 0 Å². The lowest BCUT2D eigenvalue weighted by Crippen LogP contribution is -2.26. The lowest BCUT2D eigenvalue weighted by atomic mass is 9.86. The van der Waals surface area contributed by atoms with E-state index in [-0.39, 0.29) is 29.3 Å². The molecule has 118 valence electrons. The van der Waals surface area contributed by atoms with E-state index in [0.29, 0.717) is 5.65 Å². The molecule has 0 aromatic carbocycles. The number of ether oxygens (including phenoxy) is 1. The van der Waals surface area contributed by atoms with Gasteiger partial charge in [-0.25, -0.2) is 0 Å². The zero-order valence-corrected chi connectivity index (χ0v) is 14.1. The van der Waals surface area contributed by atoms with E-state index < -0.39 is 11.9 Å². The second-order valence-electron chi connectivity index (χ2n) is 5.36. The third-order valence-corrected chi connectivity index (χ3v) is 4.06. The molecule has 0 saturated heterocycles. The molecule has 0 amide bonds. The smallest absolute Gasteiger partial charge is 0.306 e. The summed E-state index contributed by atoms with van der Waals surface area (Å²) >= 11 is 3.30. The van der Waals surface area contributed by atoms with Gasteiger partial charge < -0.3 is 9.84 Å². The van der Waals surface area contributed by atoms with Gasteiger partial charge in [0.05, 0.1) is 19.1 Å². The number of rotatable bonds is 4. The minimum atomic E-state index is -0.469. The van der Waals surface area contributed by atoms with Crippen molar-refractivity contribution < 1.29 is 14.6 Å². The van der Waals surface area contributed by atoms with Crippen molar-refractivity contribution in [3.05, 3.63) is 38.7 Å². The first-order chi connectivity index (χ1) is 10.3. The number of pyridine rings is 1. The average molecular weight is 369 g/mol. The van der Waals surface area contributed by atoms with Gasteiger partial charge in [0, 0.05) is 16.6 Å². The first-order valence-corrected chi connectivity index (χ1v) is 7.62. The first-order valence-electron chi connectivity index (χ1n) is 6.82. The molecule has 0 bridgehead atoms. The van der Waals surface area contributed by atoms with Gasteiger partial charge in [-0.3, -0.25) is 14.0 Å². The van der Waals surface area contributed by atoms with Crippen molar-refractivity contribution in [2.24, 2.45) is 5.92 Å². The number of hydrogen-bond donors (Lipinski definition) is 1. The Morgan fingerprint density at radius 3 is 2.73 bits per heavy atom. The number of methoxy groups -OCH3 is 1. The van der Waals surface area contributed by atoms with Crippen molar-refractivity contribution >= 4 is 27.5 Å². The predicted molar refractivity (Wildman–Crippen MR) is 85.0 cm³/mol. The van der Waals surface area contributed by atoms with Gasteiger partial charge in [-0.15, -0.1) is 0 Å². The van der Waals surface area contributed by atoms with E-state index in [9.17, 15) is 14.7 Å². The van der Waals surface area contributed by atoms with E-state index in [0.717, 1.165) is 4.47 Å². The SMILES string of the molecule is COC(=O)CC(c1c(O)nc2ccc(Br)cn2c1=O)C(C)C. The monoisotopic (exact) mass is 368 g/mol. The molecule has 0 radical (unpaired) electrons. The van der Waals surface area contributed by atoms with Crippen LogP contribution in [0.25, 0.3) is 5.65 Å². The summed E-state index contributed by atoms with van der Waals surface area (Å²) in [6.07, 6.45) is 1.60. The zero-order chi connectivity index (χ0) is 16.4. The number of hydrogen-bond acceptors (Lipinski definition) is 5. The van der Waals surface area contributed by atoms with Crippen molar-refractivity contribution in [2.75, 3.05) is 7.11 Å². The Morgan fingerprint density at radius 1 is 1.45 bits per heavy atom. The maximum absolute atomic E-state index is 12.7. The number of esters is 1. The minimum Gasteiger partial charge on any atom is -0.493 e. The highest BCUT2D eigenvalue weighted by atomic mass is 79.9. The number of nitrogens with zero attached hydrogens (tertiary/aromatic N) is 2. The van der Waals surface area contributed by atoms with Gasteiger partial charge in [0.25, 0.3) is 5.56 Å². The molecular formula is C15H17BrN2O4. The normalized spacial score (nSPS) is 12.6. The molecule has 2 aromatic rings. The van der Waals surface area contributed by atoms with Crippen molar-refractivity contribution in [1.82, 2.24) is 9.38 Å². The Morgan fingerprint density at radius 2 is 2.14 bits per heavy atom. The number of carbonyl (C=O) groups is 1. The maximum Gasteiger partial charge on any atom is 0.306 e. The summed E-state index contributed by atoms with van der Waals surface area (Å²) in [5, 5.41) is 10.2. The van der Waals surface area contributed by atoms with Crippen LogP contribution in [0.1, 0.15) is 31.7 Å². The molecule has 7 heteroatoms. The second-order valence-corrected chi connectivity index (χ2v) is 6.28. The van der Waals surface area contributed by atoms with E-state index in [1.807, 2.05) is 13.8 Å². The van der Waals surface area contributed by atoms with Crippen LogP contribution in [0.3, 0.4) is 0 Å². The van der Waals surface area contributed by atoms with Gasteiger partial charge >= 0.3 is 5.97 Å². The van der Waals surface area contributed by atoms with Crippen molar-refractivity contribution in [3.8, 4) is 5.88 Å². The van der Waals surface area contributed by atoms with Gasteiger partial charge in [-0.1, -0.05) is 13.8 Å². The standard InChI is InChI=1S/C15H17BrN2O4/c1-8(2)10(6-12(19)22-3)13-14(20)17-11-5-4-9(16)7-18(11)15(13)21/h4-5,7-8,10,20H,6H2,1-3H3. The first kappa shape index (κ1) is 16.5. The van der Waals surface area contributed by atoms with Crippen LogP contribution in [-0.2, 0) is 9.53 Å². The second kappa shape index (κ2) is 6.48. The van der Waals surface area contributed by atoms with Crippen molar-refractivity contribution in [1.29, 1.82) is 0 Å². The molecule has 0 aliphatic rings. The summed E-state index contributed by atoms with van der Waals surface area (Å²) in [5.74, 6) is -1.28. The van der Waals surface area contributed by atoms with Gasteiger partial charge in [0.1, 0.15) is 5.65 Å². The minimum absolute atomic E-state index is 0.0126. The van der Waals surface area contributed by atoms with Gasteiger partial charge in [0.15, 0.2) is 0 Å². The highest BCUT2D eigenvalue weighted by molar-refractivity contribution is 9.10. The summed E-state index contributed by atoms with van der Waals surface area (Å²) in [6, 6.07) is 3.36. The summed E-state index contributed by atoms with van der Waals surface area (Å²) in [5.41, 5.74) is 0.0948. The van der Waals surface area contributed by atoms with Gasteiger partial charge in [0.2, 0.25) is 5.88 Å². The summed E-state index contributed by atoms with van der Waals surface area (Å²) in [7, 11) is 1.29. The molecule has 2 heterocycles. The molecule has 6 nitrogen and oxygen atoms in total. The maximum atomic E-state index is 12.7. The average Bonchev–Trinajstić information content (AvgIpc) is 2.46. The Labute approximate surface area is 135 Å². The van der Waals surface area contributed by atoms with Crippen LogP contribution >= 0.6 is 15.9 Å². The number of aromatic nitrogens is 2. The fraction of sp³-hybridized carbons (Fsp3) is 0.400. The van der Waals surface area contributed by atoms with Crippen LogP contribution in [0, 0.1) is 5.92 Å². The Balaban J connectivity index is 2.66. The van der Waals surface area contributed by atoms with Gasteiger partial charge in [-0.05, 0) is 34.0 Å². The van der Waals surface area contributed by atoms with Crippen LogP contribution in [0.15, 0.2) is 27.6 Å². The van der Waals surface area contributed by atoms with Crippen LogP contribution < -0.4 is 5.56 Å². The lowest BCUT2D eigenvalue weighted by Gasteiger charge is -2.20. The molecule has 1 atom stereocenters. The topological polar surface area (TPSA) is 80.9 Å². The predicted octanol–water partition coefficient (Wildman–Crippen LogP) is 2.47. The summed E-state index contributed by atoms with van der Waals surface area (Å²) < 4.78 is 6.75. The molecule has 0 aliphatic carbocycles. The van der Waals surface area contributed by atoms with E-state index in [2.05, 4.69) is 25.7 Å². The molecular weight excluding hydrogens is 352 g/mol. The van der Waals surface area contributed by atoms with Crippen LogP contribution in [-0.4, -0.2) is 27.6 Å². The molecule has 0 fully saturated rings. The summed E-state index contributed by atoms with van der Waals surface area (Å²) in [6.45, 7) is 3.75. The lowest BCUT2D eigenvalue weighted by molar-refractivity contribution is -0.141. The third-order valence-electron chi connectivity index (χ3n) is 3.59. The van der Waals surface area contributed by atoms with Crippen LogP contribution in [0.2, 0.25) is 0 Å². The fourth-order valence-electron chi connectivity index (χ4n) is 2.37. The van der Waals surface area contributed by atoms with Crippen molar-refractivity contribution in [3.63, 3.8) is 0 Å². The van der Waals surface area contributed by atoms with Crippen LogP contribution in [0.5, 0.6) is 5.88 Å². The molecule has 22 heavy (non-hydrogen) atoms. The van der Waals surface area contributed by atoms with E-state index in [1.165, 1.54) is 11.5 Å². The highest BCUT2D eigenvalue weighted by Gasteiger charge is 2.27. The Bertz CT molecular complexity index is 770.